The van der Waals surface area contributed by atoms with Crippen molar-refractivity contribution < 1.29 is 0 Å². The highest BCUT2D eigenvalue weighted by Crippen LogP contribution is 2.35. The van der Waals surface area contributed by atoms with Gasteiger partial charge in [0.05, 0.1) is 0 Å². The van der Waals surface area contributed by atoms with Gasteiger partial charge in [0.15, 0.2) is 0 Å². The van der Waals surface area contributed by atoms with Gasteiger partial charge in [0.2, 0.25) is 0 Å². The van der Waals surface area contributed by atoms with Gasteiger partial charge in [-0.15, -0.1) is 0 Å². The minimum absolute atomic E-state index is 0.649. The number of nitrogens with one attached hydrogen (secondary N) is 1. The summed E-state index contributed by atoms with van der Waals surface area (Å²) in [5.74, 6) is 1.73. The van der Waals surface area contributed by atoms with Gasteiger partial charge in [-0.25, -0.2) is 0 Å². The molecule has 0 unspecified atom stereocenters. The molecular formula is C13H18ClN. The van der Waals surface area contributed by atoms with Crippen LogP contribution in [0.15, 0.2) is 24.3 Å². The van der Waals surface area contributed by atoms with Gasteiger partial charge in [0.1, 0.15) is 0 Å². The summed E-state index contributed by atoms with van der Waals surface area (Å²) in [4.78, 5) is 0. The van der Waals surface area contributed by atoms with E-state index >= 15 is 0 Å². The Balaban J connectivity index is 1.85. The van der Waals surface area contributed by atoms with Gasteiger partial charge in [0.25, 0.3) is 0 Å². The predicted molar refractivity (Wildman–Crippen MR) is 66.4 cm³/mol. The van der Waals surface area contributed by atoms with Gasteiger partial charge in [-0.1, -0.05) is 31.5 Å². The molecule has 1 aromatic rings. The van der Waals surface area contributed by atoms with E-state index in [0.717, 1.165) is 22.5 Å². The van der Waals surface area contributed by atoms with E-state index in [1.165, 1.54) is 12.8 Å². The molecule has 0 bridgehead atoms. The van der Waals surface area contributed by atoms with Crippen LogP contribution in [0.5, 0.6) is 0 Å². The molecule has 0 radical (unpaired) electrons. The summed E-state index contributed by atoms with van der Waals surface area (Å²) in [6, 6.07) is 8.61. The summed E-state index contributed by atoms with van der Waals surface area (Å²) in [5.41, 5.74) is 1.15. The molecule has 0 heterocycles. The number of halogens is 1. The maximum Gasteiger partial charge on any atom is 0.0426 e. The Morgan fingerprint density at radius 3 is 2.67 bits per heavy atom. The number of hydrogen-bond donors (Lipinski definition) is 1. The van der Waals surface area contributed by atoms with Gasteiger partial charge in [-0.05, 0) is 42.9 Å². The Hall–Kier alpha value is -0.690. The van der Waals surface area contributed by atoms with E-state index in [1.807, 2.05) is 18.2 Å². The van der Waals surface area contributed by atoms with Gasteiger partial charge in [0, 0.05) is 16.8 Å². The van der Waals surface area contributed by atoms with Gasteiger partial charge < -0.3 is 5.32 Å². The lowest BCUT2D eigenvalue weighted by molar-refractivity contribution is 0.212. The largest absolute Gasteiger partial charge is 0.382 e. The molecule has 1 nitrogen and oxygen atoms in total. The molecule has 2 heteroatoms. The minimum atomic E-state index is 0.649. The third kappa shape index (κ3) is 2.66. The Kier molecular flexibility index (Phi) is 3.20. The number of anilines is 1. The van der Waals surface area contributed by atoms with Crippen LogP contribution in [0.4, 0.5) is 5.69 Å². The number of benzene rings is 1. The summed E-state index contributed by atoms with van der Waals surface area (Å²) in [6.45, 7) is 4.61. The van der Waals surface area contributed by atoms with Crippen LogP contribution < -0.4 is 5.32 Å². The quantitative estimate of drug-likeness (QED) is 0.811. The maximum absolute atomic E-state index is 5.93. The van der Waals surface area contributed by atoms with Crippen LogP contribution in [-0.2, 0) is 0 Å². The van der Waals surface area contributed by atoms with Crippen molar-refractivity contribution in [2.45, 2.75) is 32.7 Å². The molecule has 0 amide bonds. The average molecular weight is 224 g/mol. The van der Waals surface area contributed by atoms with Crippen molar-refractivity contribution >= 4 is 17.3 Å². The summed E-state index contributed by atoms with van der Waals surface area (Å²) in [7, 11) is 0. The van der Waals surface area contributed by atoms with Crippen molar-refractivity contribution in [1.29, 1.82) is 0 Å². The molecule has 1 aliphatic rings. The van der Waals surface area contributed by atoms with Crippen molar-refractivity contribution in [3.05, 3.63) is 29.3 Å². The molecule has 15 heavy (non-hydrogen) atoms. The first kappa shape index (κ1) is 10.8. The van der Waals surface area contributed by atoms with E-state index in [4.69, 9.17) is 11.6 Å². The third-order valence-electron chi connectivity index (χ3n) is 3.31. The molecule has 1 saturated carbocycles. The standard InChI is InChI=1S/C13H18ClN/c1-9(2)10-6-13(7-10)15-12-5-3-4-11(14)8-12/h3-5,8-10,13,15H,6-7H2,1-2H3. The van der Waals surface area contributed by atoms with Crippen molar-refractivity contribution in [2.24, 2.45) is 11.8 Å². The molecule has 1 fully saturated rings. The second-order valence-corrected chi connectivity index (χ2v) is 5.26. The zero-order valence-electron chi connectivity index (χ0n) is 9.33. The van der Waals surface area contributed by atoms with Gasteiger partial charge in [-0.2, -0.15) is 0 Å². The Bertz CT molecular complexity index is 329. The molecule has 0 spiro atoms. The van der Waals surface area contributed by atoms with Gasteiger partial charge >= 0.3 is 0 Å². The molecule has 0 atom stereocenters. The van der Waals surface area contributed by atoms with E-state index < -0.39 is 0 Å². The van der Waals surface area contributed by atoms with Crippen LogP contribution in [0, 0.1) is 11.8 Å². The molecule has 82 valence electrons. The smallest absolute Gasteiger partial charge is 0.0426 e. The molecule has 1 N–H and O–H groups in total. The zero-order valence-corrected chi connectivity index (χ0v) is 10.1. The summed E-state index contributed by atoms with van der Waals surface area (Å²) in [5, 5.41) is 4.32. The lowest BCUT2D eigenvalue weighted by Gasteiger charge is -2.39. The molecule has 1 aliphatic carbocycles. The summed E-state index contributed by atoms with van der Waals surface area (Å²) in [6.07, 6.45) is 2.59. The second-order valence-electron chi connectivity index (χ2n) is 4.83. The number of rotatable bonds is 3. The second kappa shape index (κ2) is 4.44. The Morgan fingerprint density at radius 1 is 1.33 bits per heavy atom. The van der Waals surface area contributed by atoms with E-state index in [1.54, 1.807) is 0 Å². The van der Waals surface area contributed by atoms with E-state index in [2.05, 4.69) is 25.2 Å². The van der Waals surface area contributed by atoms with Crippen LogP contribution in [0.3, 0.4) is 0 Å². The molecule has 1 aromatic carbocycles. The summed E-state index contributed by atoms with van der Waals surface area (Å²) >= 11 is 5.93. The van der Waals surface area contributed by atoms with E-state index in [0.29, 0.717) is 6.04 Å². The highest BCUT2D eigenvalue weighted by molar-refractivity contribution is 6.30. The van der Waals surface area contributed by atoms with Crippen LogP contribution in [0.2, 0.25) is 5.02 Å². The molecule has 2 rings (SSSR count). The fourth-order valence-corrected chi connectivity index (χ4v) is 2.33. The SMILES string of the molecule is CC(C)C1CC(Nc2cccc(Cl)c2)C1. The molecule has 0 saturated heterocycles. The Morgan fingerprint density at radius 2 is 2.07 bits per heavy atom. The first-order chi connectivity index (χ1) is 7.15. The number of hydrogen-bond acceptors (Lipinski definition) is 1. The van der Waals surface area contributed by atoms with Crippen molar-refractivity contribution in [2.75, 3.05) is 5.32 Å². The summed E-state index contributed by atoms with van der Waals surface area (Å²) < 4.78 is 0. The maximum atomic E-state index is 5.93. The predicted octanol–water partition coefficient (Wildman–Crippen LogP) is 4.19. The average Bonchev–Trinajstić information content (AvgIpc) is 2.10. The van der Waals surface area contributed by atoms with Crippen LogP contribution in [0.1, 0.15) is 26.7 Å². The van der Waals surface area contributed by atoms with Gasteiger partial charge in [-0.3, -0.25) is 0 Å². The Labute approximate surface area is 96.8 Å². The van der Waals surface area contributed by atoms with Crippen LogP contribution >= 0.6 is 11.6 Å². The van der Waals surface area contributed by atoms with E-state index in [-0.39, 0.29) is 0 Å². The first-order valence-electron chi connectivity index (χ1n) is 5.67. The van der Waals surface area contributed by atoms with Crippen molar-refractivity contribution in [1.82, 2.24) is 0 Å². The fraction of sp³-hybridized carbons (Fsp3) is 0.538. The fourth-order valence-electron chi connectivity index (χ4n) is 2.14. The third-order valence-corrected chi connectivity index (χ3v) is 3.55. The normalized spacial score (nSPS) is 25.1. The molecule has 0 aliphatic heterocycles. The molecule has 0 aromatic heterocycles. The zero-order chi connectivity index (χ0) is 10.8. The first-order valence-corrected chi connectivity index (χ1v) is 6.05. The lowest BCUT2D eigenvalue weighted by Crippen LogP contribution is -2.37. The minimum Gasteiger partial charge on any atom is -0.382 e. The highest BCUT2D eigenvalue weighted by atomic mass is 35.5. The lowest BCUT2D eigenvalue weighted by atomic mass is 9.73. The van der Waals surface area contributed by atoms with E-state index in [9.17, 15) is 0 Å². The molecular weight excluding hydrogens is 206 g/mol. The van der Waals surface area contributed by atoms with Crippen LogP contribution in [-0.4, -0.2) is 6.04 Å². The topological polar surface area (TPSA) is 12.0 Å². The monoisotopic (exact) mass is 223 g/mol. The van der Waals surface area contributed by atoms with Crippen molar-refractivity contribution in [3.63, 3.8) is 0 Å². The van der Waals surface area contributed by atoms with Crippen molar-refractivity contribution in [3.8, 4) is 0 Å². The van der Waals surface area contributed by atoms with Crippen LogP contribution in [0.25, 0.3) is 0 Å². The highest BCUT2D eigenvalue weighted by Gasteiger charge is 2.30.